The highest BCUT2D eigenvalue weighted by Crippen LogP contribution is 2.14. The molecule has 0 saturated heterocycles. The zero-order chi connectivity index (χ0) is 15.7. The van der Waals surface area contributed by atoms with Gasteiger partial charge in [0.2, 0.25) is 5.91 Å². The van der Waals surface area contributed by atoms with Crippen LogP contribution in [0.15, 0.2) is 24.3 Å². The molecule has 0 bridgehead atoms. The van der Waals surface area contributed by atoms with Gasteiger partial charge in [0, 0.05) is 13.0 Å². The zero-order valence-electron chi connectivity index (χ0n) is 13.4. The van der Waals surface area contributed by atoms with Crippen molar-refractivity contribution in [3.05, 3.63) is 29.8 Å². The molecule has 1 atom stereocenters. The maximum Gasteiger partial charge on any atom is 0.220 e. The van der Waals surface area contributed by atoms with Crippen LogP contribution in [0.1, 0.15) is 32.3 Å². The lowest BCUT2D eigenvalue weighted by molar-refractivity contribution is -0.122. The van der Waals surface area contributed by atoms with Gasteiger partial charge in [0.1, 0.15) is 5.75 Å². The number of methoxy groups -OCH3 is 1. The molecule has 0 aliphatic carbocycles. The van der Waals surface area contributed by atoms with Crippen LogP contribution in [0.25, 0.3) is 0 Å². The predicted octanol–water partition coefficient (Wildman–Crippen LogP) is 2.36. The summed E-state index contributed by atoms with van der Waals surface area (Å²) in [5.74, 6) is 1.79. The molecule has 0 heterocycles. The van der Waals surface area contributed by atoms with E-state index < -0.39 is 0 Å². The Morgan fingerprint density at radius 2 is 2.14 bits per heavy atom. The molecular formula is C17H28N2O2. The molecule has 0 saturated carbocycles. The third-order valence-corrected chi connectivity index (χ3v) is 3.48. The van der Waals surface area contributed by atoms with E-state index in [9.17, 15) is 4.79 Å². The first-order chi connectivity index (χ1) is 10.0. The number of hydrogen-bond donors (Lipinski definition) is 2. The average molecular weight is 292 g/mol. The largest absolute Gasteiger partial charge is 0.497 e. The maximum absolute atomic E-state index is 11.9. The molecule has 118 valence electrons. The lowest BCUT2D eigenvalue weighted by Gasteiger charge is -2.16. The second-order valence-corrected chi connectivity index (χ2v) is 5.89. The number of nitrogens with one attached hydrogen (secondary N) is 1. The Bertz CT molecular complexity index is 433. The zero-order valence-corrected chi connectivity index (χ0v) is 13.4. The Hall–Kier alpha value is -1.55. The quantitative estimate of drug-likeness (QED) is 0.734. The van der Waals surface area contributed by atoms with E-state index in [1.54, 1.807) is 7.11 Å². The standard InChI is InChI=1S/C17H28N2O2/c1-13(2)9-15(12-18)11-17(20)19-8-7-14-5-4-6-16(10-14)21-3/h4-6,10,13,15H,7-9,11-12,18H2,1-3H3,(H,19,20). The van der Waals surface area contributed by atoms with Crippen LogP contribution in [-0.4, -0.2) is 26.1 Å². The monoisotopic (exact) mass is 292 g/mol. The average Bonchev–Trinajstić information content (AvgIpc) is 2.46. The Morgan fingerprint density at radius 1 is 1.38 bits per heavy atom. The molecule has 0 aliphatic heterocycles. The second kappa shape index (κ2) is 9.40. The summed E-state index contributed by atoms with van der Waals surface area (Å²) in [6.45, 7) is 5.53. The highest BCUT2D eigenvalue weighted by molar-refractivity contribution is 5.76. The van der Waals surface area contributed by atoms with Crippen LogP contribution < -0.4 is 15.8 Å². The molecule has 1 rings (SSSR count). The van der Waals surface area contributed by atoms with Crippen molar-refractivity contribution in [2.75, 3.05) is 20.2 Å². The molecule has 0 radical (unpaired) electrons. The molecule has 1 amide bonds. The van der Waals surface area contributed by atoms with E-state index in [4.69, 9.17) is 10.5 Å². The summed E-state index contributed by atoms with van der Waals surface area (Å²) in [5.41, 5.74) is 6.89. The summed E-state index contributed by atoms with van der Waals surface area (Å²) >= 11 is 0. The summed E-state index contributed by atoms with van der Waals surface area (Å²) < 4.78 is 5.19. The molecule has 1 aromatic rings. The Kier molecular flexibility index (Phi) is 7.83. The van der Waals surface area contributed by atoms with Crippen LogP contribution in [0, 0.1) is 11.8 Å². The van der Waals surface area contributed by atoms with E-state index in [2.05, 4.69) is 19.2 Å². The van der Waals surface area contributed by atoms with Crippen molar-refractivity contribution in [1.29, 1.82) is 0 Å². The lowest BCUT2D eigenvalue weighted by Crippen LogP contribution is -2.30. The van der Waals surface area contributed by atoms with E-state index in [-0.39, 0.29) is 11.8 Å². The third kappa shape index (κ3) is 7.14. The number of amides is 1. The smallest absolute Gasteiger partial charge is 0.220 e. The number of hydrogen-bond acceptors (Lipinski definition) is 3. The minimum atomic E-state index is 0.0917. The molecule has 3 N–H and O–H groups in total. The van der Waals surface area contributed by atoms with Crippen molar-refractivity contribution in [2.24, 2.45) is 17.6 Å². The number of carbonyl (C=O) groups is 1. The summed E-state index contributed by atoms with van der Waals surface area (Å²) in [5, 5.41) is 2.97. The minimum Gasteiger partial charge on any atom is -0.497 e. The van der Waals surface area contributed by atoms with Crippen molar-refractivity contribution in [3.8, 4) is 5.75 Å². The van der Waals surface area contributed by atoms with Crippen molar-refractivity contribution in [3.63, 3.8) is 0 Å². The summed E-state index contributed by atoms with van der Waals surface area (Å²) in [4.78, 5) is 11.9. The van der Waals surface area contributed by atoms with Crippen molar-refractivity contribution in [2.45, 2.75) is 33.1 Å². The van der Waals surface area contributed by atoms with Crippen molar-refractivity contribution < 1.29 is 9.53 Å². The van der Waals surface area contributed by atoms with Crippen LogP contribution >= 0.6 is 0 Å². The SMILES string of the molecule is COc1cccc(CCNC(=O)CC(CN)CC(C)C)c1. The van der Waals surface area contributed by atoms with Crippen LogP contribution in [0.5, 0.6) is 5.75 Å². The predicted molar refractivity (Wildman–Crippen MR) is 86.3 cm³/mol. The molecule has 1 unspecified atom stereocenters. The van der Waals surface area contributed by atoms with Gasteiger partial charge < -0.3 is 15.8 Å². The van der Waals surface area contributed by atoms with Crippen LogP contribution in [0.3, 0.4) is 0 Å². The van der Waals surface area contributed by atoms with Gasteiger partial charge in [-0.05, 0) is 48.9 Å². The van der Waals surface area contributed by atoms with Gasteiger partial charge in [0.25, 0.3) is 0 Å². The van der Waals surface area contributed by atoms with Gasteiger partial charge in [-0.2, -0.15) is 0 Å². The van der Waals surface area contributed by atoms with E-state index in [1.165, 1.54) is 0 Å². The highest BCUT2D eigenvalue weighted by Gasteiger charge is 2.13. The van der Waals surface area contributed by atoms with Crippen LogP contribution in [0.2, 0.25) is 0 Å². The fraction of sp³-hybridized carbons (Fsp3) is 0.588. The fourth-order valence-corrected chi connectivity index (χ4v) is 2.44. The molecular weight excluding hydrogens is 264 g/mol. The van der Waals surface area contributed by atoms with E-state index in [1.807, 2.05) is 24.3 Å². The minimum absolute atomic E-state index is 0.0917. The van der Waals surface area contributed by atoms with Crippen molar-refractivity contribution >= 4 is 5.91 Å². The number of nitrogens with two attached hydrogens (primary N) is 1. The number of rotatable bonds is 9. The van der Waals surface area contributed by atoms with E-state index in [0.717, 1.165) is 24.2 Å². The molecule has 4 nitrogen and oxygen atoms in total. The second-order valence-electron chi connectivity index (χ2n) is 5.89. The molecule has 1 aromatic carbocycles. The summed E-state index contributed by atoms with van der Waals surface area (Å²) in [7, 11) is 1.66. The summed E-state index contributed by atoms with van der Waals surface area (Å²) in [6, 6.07) is 7.91. The molecule has 0 fully saturated rings. The first kappa shape index (κ1) is 17.5. The highest BCUT2D eigenvalue weighted by atomic mass is 16.5. The van der Waals surface area contributed by atoms with Gasteiger partial charge in [-0.15, -0.1) is 0 Å². The van der Waals surface area contributed by atoms with Crippen molar-refractivity contribution in [1.82, 2.24) is 5.32 Å². The van der Waals surface area contributed by atoms with Gasteiger partial charge in [0.15, 0.2) is 0 Å². The van der Waals surface area contributed by atoms with Crippen LogP contribution in [-0.2, 0) is 11.2 Å². The maximum atomic E-state index is 11.9. The van der Waals surface area contributed by atoms with Gasteiger partial charge in [-0.25, -0.2) is 0 Å². The van der Waals surface area contributed by atoms with Gasteiger partial charge in [0.05, 0.1) is 7.11 Å². The molecule has 21 heavy (non-hydrogen) atoms. The van der Waals surface area contributed by atoms with Gasteiger partial charge in [-0.3, -0.25) is 4.79 Å². The van der Waals surface area contributed by atoms with E-state index >= 15 is 0 Å². The Balaban J connectivity index is 2.32. The molecule has 4 heteroatoms. The number of ether oxygens (including phenoxy) is 1. The lowest BCUT2D eigenvalue weighted by atomic mass is 9.94. The topological polar surface area (TPSA) is 64.3 Å². The third-order valence-electron chi connectivity index (χ3n) is 3.48. The fourth-order valence-electron chi connectivity index (χ4n) is 2.44. The first-order valence-corrected chi connectivity index (χ1v) is 7.64. The number of carbonyl (C=O) groups excluding carboxylic acids is 1. The molecule has 0 aliphatic rings. The van der Waals surface area contributed by atoms with Gasteiger partial charge in [-0.1, -0.05) is 26.0 Å². The first-order valence-electron chi connectivity index (χ1n) is 7.64. The summed E-state index contributed by atoms with van der Waals surface area (Å²) in [6.07, 6.45) is 2.33. The number of benzene rings is 1. The Labute approximate surface area is 128 Å². The molecule has 0 aromatic heterocycles. The Morgan fingerprint density at radius 3 is 2.76 bits per heavy atom. The normalized spacial score (nSPS) is 12.2. The van der Waals surface area contributed by atoms with Crippen LogP contribution in [0.4, 0.5) is 0 Å². The van der Waals surface area contributed by atoms with E-state index in [0.29, 0.717) is 25.4 Å². The molecule has 0 spiro atoms. The van der Waals surface area contributed by atoms with Gasteiger partial charge >= 0.3 is 0 Å².